The van der Waals surface area contributed by atoms with Crippen molar-refractivity contribution in [1.82, 2.24) is 10.0 Å². The number of hydrogen-bond acceptors (Lipinski definition) is 5. The second-order valence-corrected chi connectivity index (χ2v) is 7.99. The summed E-state index contributed by atoms with van der Waals surface area (Å²) in [6, 6.07) is 13.7. The fourth-order valence-corrected chi connectivity index (χ4v) is 4.10. The van der Waals surface area contributed by atoms with Gasteiger partial charge in [-0.05, 0) is 28.8 Å². The zero-order chi connectivity index (χ0) is 19.4. The second-order valence-electron chi connectivity index (χ2n) is 6.26. The highest BCUT2D eigenvalue weighted by Crippen LogP contribution is 2.32. The van der Waals surface area contributed by atoms with E-state index in [1.165, 1.54) is 19.2 Å². The van der Waals surface area contributed by atoms with Crippen LogP contribution in [0.5, 0.6) is 0 Å². The van der Waals surface area contributed by atoms with E-state index in [9.17, 15) is 18.0 Å². The summed E-state index contributed by atoms with van der Waals surface area (Å²) < 4.78 is 32.2. The third-order valence-electron chi connectivity index (χ3n) is 4.28. The molecule has 0 saturated heterocycles. The fourth-order valence-electron chi connectivity index (χ4n) is 2.96. The van der Waals surface area contributed by atoms with Crippen LogP contribution < -0.4 is 10.0 Å². The Hall–Kier alpha value is -2.71. The summed E-state index contributed by atoms with van der Waals surface area (Å²) in [5, 5.41) is 2.49. The topological polar surface area (TPSA) is 102 Å². The Bertz CT molecular complexity index is 954. The molecule has 7 nitrogen and oxygen atoms in total. The number of fused-ring (bicyclic) bond motifs is 1. The Morgan fingerprint density at radius 3 is 2.52 bits per heavy atom. The molecule has 8 heteroatoms. The van der Waals surface area contributed by atoms with Gasteiger partial charge in [0.15, 0.2) is 0 Å². The lowest BCUT2D eigenvalue weighted by molar-refractivity contribution is -0.122. The second kappa shape index (κ2) is 7.89. The Morgan fingerprint density at radius 2 is 1.81 bits per heavy atom. The molecule has 0 radical (unpaired) electrons. The zero-order valence-corrected chi connectivity index (χ0v) is 15.6. The first-order valence-corrected chi connectivity index (χ1v) is 10.1. The maximum absolute atomic E-state index is 12.3. The SMILES string of the molecule is CNC(=O)c1ccc(CS(=O)(=O)NC(=O)CC2OCc3ccccc32)cc1. The highest BCUT2D eigenvalue weighted by molar-refractivity contribution is 7.89. The van der Waals surface area contributed by atoms with Crippen LogP contribution in [0.4, 0.5) is 0 Å². The lowest BCUT2D eigenvalue weighted by Gasteiger charge is -2.12. The average molecular weight is 388 g/mol. The highest BCUT2D eigenvalue weighted by Gasteiger charge is 2.26. The Balaban J connectivity index is 1.59. The van der Waals surface area contributed by atoms with Crippen molar-refractivity contribution in [3.05, 3.63) is 70.8 Å². The van der Waals surface area contributed by atoms with Crippen LogP contribution in [0.2, 0.25) is 0 Å². The van der Waals surface area contributed by atoms with Gasteiger partial charge in [-0.2, -0.15) is 0 Å². The molecule has 0 spiro atoms. The van der Waals surface area contributed by atoms with Gasteiger partial charge >= 0.3 is 0 Å². The van der Waals surface area contributed by atoms with Gasteiger partial charge in [-0.25, -0.2) is 8.42 Å². The van der Waals surface area contributed by atoms with Crippen LogP contribution in [0.3, 0.4) is 0 Å². The molecule has 1 aliphatic rings. The Morgan fingerprint density at radius 1 is 1.11 bits per heavy atom. The van der Waals surface area contributed by atoms with Crippen molar-refractivity contribution in [3.63, 3.8) is 0 Å². The first-order chi connectivity index (χ1) is 12.9. The molecule has 2 aromatic carbocycles. The van der Waals surface area contributed by atoms with Gasteiger partial charge in [0.05, 0.1) is 24.9 Å². The number of ether oxygens (including phenoxy) is 1. The summed E-state index contributed by atoms with van der Waals surface area (Å²) in [6.45, 7) is 0.415. The first-order valence-electron chi connectivity index (χ1n) is 8.42. The van der Waals surface area contributed by atoms with E-state index in [1.54, 1.807) is 12.1 Å². The van der Waals surface area contributed by atoms with E-state index in [4.69, 9.17) is 4.74 Å². The van der Waals surface area contributed by atoms with Crippen LogP contribution in [0.1, 0.15) is 39.6 Å². The van der Waals surface area contributed by atoms with Crippen LogP contribution in [-0.2, 0) is 31.9 Å². The molecule has 142 valence electrons. The highest BCUT2D eigenvalue weighted by atomic mass is 32.2. The van der Waals surface area contributed by atoms with E-state index in [0.29, 0.717) is 17.7 Å². The van der Waals surface area contributed by atoms with Gasteiger partial charge < -0.3 is 10.1 Å². The molecule has 2 amide bonds. The van der Waals surface area contributed by atoms with Crippen molar-refractivity contribution in [2.24, 2.45) is 0 Å². The number of sulfonamides is 1. The Kier molecular flexibility index (Phi) is 5.57. The minimum atomic E-state index is -3.85. The van der Waals surface area contributed by atoms with Gasteiger partial charge in [-0.15, -0.1) is 0 Å². The number of benzene rings is 2. The van der Waals surface area contributed by atoms with E-state index < -0.39 is 22.0 Å². The van der Waals surface area contributed by atoms with E-state index in [1.807, 2.05) is 24.3 Å². The molecule has 27 heavy (non-hydrogen) atoms. The molecule has 2 aromatic rings. The molecule has 2 N–H and O–H groups in total. The lowest BCUT2D eigenvalue weighted by Crippen LogP contribution is -2.32. The van der Waals surface area contributed by atoms with E-state index >= 15 is 0 Å². The smallest absolute Gasteiger partial charge is 0.251 e. The van der Waals surface area contributed by atoms with E-state index in [2.05, 4.69) is 10.0 Å². The summed E-state index contributed by atoms with van der Waals surface area (Å²) in [4.78, 5) is 23.7. The molecular formula is C19H20N2O5S. The number of hydrogen-bond donors (Lipinski definition) is 2. The molecule has 3 rings (SSSR count). The van der Waals surface area contributed by atoms with Crippen molar-refractivity contribution in [2.75, 3.05) is 7.05 Å². The van der Waals surface area contributed by atoms with Crippen molar-refractivity contribution < 1.29 is 22.7 Å². The minimum absolute atomic E-state index is 0.0636. The van der Waals surface area contributed by atoms with Crippen molar-refractivity contribution in [1.29, 1.82) is 0 Å². The lowest BCUT2D eigenvalue weighted by atomic mass is 10.0. The summed E-state index contributed by atoms with van der Waals surface area (Å²) in [5.41, 5.74) is 2.83. The van der Waals surface area contributed by atoms with Crippen LogP contribution in [0.15, 0.2) is 48.5 Å². The molecule has 0 saturated carbocycles. The summed E-state index contributed by atoms with van der Waals surface area (Å²) in [6.07, 6.45) is -0.505. The Labute approximate surface area is 157 Å². The van der Waals surface area contributed by atoms with E-state index in [-0.39, 0.29) is 18.1 Å². The van der Waals surface area contributed by atoms with Crippen LogP contribution in [0.25, 0.3) is 0 Å². The van der Waals surface area contributed by atoms with E-state index in [0.717, 1.165) is 11.1 Å². The van der Waals surface area contributed by atoms with Gasteiger partial charge in [0.1, 0.15) is 0 Å². The van der Waals surface area contributed by atoms with Gasteiger partial charge in [-0.1, -0.05) is 36.4 Å². The molecule has 1 aliphatic heterocycles. The molecule has 0 fully saturated rings. The summed E-state index contributed by atoms with van der Waals surface area (Å²) in [7, 11) is -2.33. The van der Waals surface area contributed by atoms with Gasteiger partial charge in [-0.3, -0.25) is 14.3 Å². The number of carbonyl (C=O) groups is 2. The third-order valence-corrected chi connectivity index (χ3v) is 5.53. The fraction of sp³-hybridized carbons (Fsp3) is 0.263. The number of rotatable bonds is 6. The summed E-state index contributed by atoms with van der Waals surface area (Å²) in [5.74, 6) is -1.22. The van der Waals surface area contributed by atoms with Gasteiger partial charge in [0.2, 0.25) is 15.9 Å². The van der Waals surface area contributed by atoms with Crippen LogP contribution in [0, 0.1) is 0 Å². The normalized spacial score (nSPS) is 15.8. The first kappa shape index (κ1) is 19.1. The number of carbonyl (C=O) groups excluding carboxylic acids is 2. The molecule has 0 aromatic heterocycles. The quantitative estimate of drug-likeness (QED) is 0.784. The van der Waals surface area contributed by atoms with Crippen LogP contribution >= 0.6 is 0 Å². The largest absolute Gasteiger partial charge is 0.368 e. The van der Waals surface area contributed by atoms with Crippen LogP contribution in [-0.4, -0.2) is 27.3 Å². The number of nitrogens with one attached hydrogen (secondary N) is 2. The average Bonchev–Trinajstić information content (AvgIpc) is 3.03. The zero-order valence-electron chi connectivity index (χ0n) is 14.8. The predicted molar refractivity (Wildman–Crippen MR) is 99.2 cm³/mol. The molecular weight excluding hydrogens is 368 g/mol. The van der Waals surface area contributed by atoms with Crippen molar-refractivity contribution >= 4 is 21.8 Å². The summed E-state index contributed by atoms with van der Waals surface area (Å²) >= 11 is 0. The molecule has 1 unspecified atom stereocenters. The van der Waals surface area contributed by atoms with Gasteiger partial charge in [0.25, 0.3) is 5.91 Å². The standard InChI is InChI=1S/C19H20N2O5S/c1-20-19(23)14-8-6-13(7-9-14)12-27(24,25)21-18(22)10-17-16-5-3-2-4-15(16)11-26-17/h2-9,17H,10-12H2,1H3,(H,20,23)(H,21,22). The molecule has 1 heterocycles. The maximum atomic E-state index is 12.3. The minimum Gasteiger partial charge on any atom is -0.368 e. The predicted octanol–water partition coefficient (Wildman–Crippen LogP) is 1.65. The number of amides is 2. The van der Waals surface area contributed by atoms with Crippen molar-refractivity contribution in [2.45, 2.75) is 24.9 Å². The third kappa shape index (κ3) is 4.72. The molecule has 0 aliphatic carbocycles. The monoisotopic (exact) mass is 388 g/mol. The van der Waals surface area contributed by atoms with Crippen molar-refractivity contribution in [3.8, 4) is 0 Å². The molecule has 0 bridgehead atoms. The maximum Gasteiger partial charge on any atom is 0.251 e. The molecule has 1 atom stereocenters. The van der Waals surface area contributed by atoms with Gasteiger partial charge in [0, 0.05) is 12.6 Å².